The number of methoxy groups -OCH3 is 1. The Bertz CT molecular complexity index is 747. The van der Waals surface area contributed by atoms with Gasteiger partial charge >= 0.3 is 12.1 Å². The van der Waals surface area contributed by atoms with Gasteiger partial charge in [0.25, 0.3) is 0 Å². The van der Waals surface area contributed by atoms with E-state index < -0.39 is 29.3 Å². The standard InChI is InChI=1S/C23H35NO8/c1-22(2,3)31-14-18(24-21(27)32-23(4,5)6)20(26)16-8-10-17(11-9-16)30-15-19(25)29-13-12-28-7/h8-11,18H,12-15H2,1-7H3,(H,24,27)/t18-/m0/s1. The van der Waals surface area contributed by atoms with Crippen LogP contribution < -0.4 is 10.1 Å². The van der Waals surface area contributed by atoms with E-state index in [1.807, 2.05) is 20.8 Å². The molecule has 0 heterocycles. The fourth-order valence-corrected chi connectivity index (χ4v) is 2.31. The molecule has 0 radical (unpaired) electrons. The number of alkyl carbamates (subject to hydrolysis) is 1. The van der Waals surface area contributed by atoms with Gasteiger partial charge in [0.1, 0.15) is 24.0 Å². The second-order valence-corrected chi connectivity index (χ2v) is 9.01. The average Bonchev–Trinajstić information content (AvgIpc) is 2.67. The largest absolute Gasteiger partial charge is 0.482 e. The van der Waals surface area contributed by atoms with Gasteiger partial charge in [-0.25, -0.2) is 9.59 Å². The molecule has 9 heteroatoms. The topological polar surface area (TPSA) is 109 Å². The molecule has 180 valence electrons. The summed E-state index contributed by atoms with van der Waals surface area (Å²) in [5, 5.41) is 2.59. The van der Waals surface area contributed by atoms with Crippen molar-refractivity contribution in [3.8, 4) is 5.75 Å². The highest BCUT2D eigenvalue weighted by atomic mass is 16.6. The van der Waals surface area contributed by atoms with Gasteiger partial charge in [-0.2, -0.15) is 0 Å². The molecular weight excluding hydrogens is 418 g/mol. The highest BCUT2D eigenvalue weighted by Crippen LogP contribution is 2.16. The Labute approximate surface area is 189 Å². The number of ketones is 1. The van der Waals surface area contributed by atoms with Gasteiger partial charge in [-0.3, -0.25) is 4.79 Å². The zero-order valence-corrected chi connectivity index (χ0v) is 20.0. The highest BCUT2D eigenvalue weighted by molar-refractivity contribution is 6.01. The smallest absolute Gasteiger partial charge is 0.408 e. The first-order chi connectivity index (χ1) is 14.8. The summed E-state index contributed by atoms with van der Waals surface area (Å²) in [7, 11) is 1.51. The summed E-state index contributed by atoms with van der Waals surface area (Å²) in [6.45, 7) is 10.9. The van der Waals surface area contributed by atoms with Gasteiger partial charge in [-0.15, -0.1) is 0 Å². The van der Waals surface area contributed by atoms with Crippen LogP contribution in [0.5, 0.6) is 5.75 Å². The molecule has 1 aromatic carbocycles. The van der Waals surface area contributed by atoms with Crippen molar-refractivity contribution in [2.24, 2.45) is 0 Å². The summed E-state index contributed by atoms with van der Waals surface area (Å²) < 4.78 is 26.1. The summed E-state index contributed by atoms with van der Waals surface area (Å²) in [6.07, 6.45) is -0.708. The molecule has 0 aromatic heterocycles. The van der Waals surface area contributed by atoms with Crippen molar-refractivity contribution < 1.29 is 38.1 Å². The van der Waals surface area contributed by atoms with Crippen LogP contribution >= 0.6 is 0 Å². The zero-order valence-electron chi connectivity index (χ0n) is 20.0. The van der Waals surface area contributed by atoms with E-state index in [2.05, 4.69) is 5.32 Å². The molecule has 0 saturated heterocycles. The molecule has 1 aromatic rings. The number of esters is 1. The van der Waals surface area contributed by atoms with Crippen molar-refractivity contribution in [3.63, 3.8) is 0 Å². The molecule has 0 aliphatic heterocycles. The molecule has 0 saturated carbocycles. The van der Waals surface area contributed by atoms with Gasteiger partial charge in [0, 0.05) is 12.7 Å². The first kappa shape index (κ1) is 27.4. The molecule has 1 rings (SSSR count). The van der Waals surface area contributed by atoms with Gasteiger partial charge in [-0.05, 0) is 65.8 Å². The number of Topliss-reactive ketones (excluding diaryl/α,β-unsaturated/α-hetero) is 1. The van der Waals surface area contributed by atoms with E-state index in [0.717, 1.165) is 0 Å². The van der Waals surface area contributed by atoms with Crippen molar-refractivity contribution in [2.75, 3.05) is 33.5 Å². The molecule has 0 fully saturated rings. The Hall–Kier alpha value is -2.65. The van der Waals surface area contributed by atoms with Crippen LogP contribution in [0.3, 0.4) is 0 Å². The van der Waals surface area contributed by atoms with Crippen LogP contribution in [-0.2, 0) is 23.7 Å². The van der Waals surface area contributed by atoms with Crippen LogP contribution in [-0.4, -0.2) is 68.6 Å². The normalized spacial score (nSPS) is 12.6. The second-order valence-electron chi connectivity index (χ2n) is 9.01. The molecule has 9 nitrogen and oxygen atoms in total. The predicted molar refractivity (Wildman–Crippen MR) is 118 cm³/mol. The third-order valence-corrected chi connectivity index (χ3v) is 3.74. The summed E-state index contributed by atoms with van der Waals surface area (Å²) in [5.41, 5.74) is -0.853. The van der Waals surface area contributed by atoms with E-state index in [9.17, 15) is 14.4 Å². The van der Waals surface area contributed by atoms with Crippen LogP contribution in [0.4, 0.5) is 4.79 Å². The average molecular weight is 454 g/mol. The number of amides is 1. The third-order valence-electron chi connectivity index (χ3n) is 3.74. The van der Waals surface area contributed by atoms with Gasteiger partial charge in [0.2, 0.25) is 0 Å². The Morgan fingerprint density at radius 1 is 0.938 bits per heavy atom. The van der Waals surface area contributed by atoms with E-state index >= 15 is 0 Å². The summed E-state index contributed by atoms with van der Waals surface area (Å²) in [5.74, 6) is -0.471. The van der Waals surface area contributed by atoms with Crippen LogP contribution in [0.25, 0.3) is 0 Å². The predicted octanol–water partition coefficient (Wildman–Crippen LogP) is 3.15. The Morgan fingerprint density at radius 2 is 1.56 bits per heavy atom. The molecular formula is C23H35NO8. The molecule has 0 unspecified atom stereocenters. The Balaban J connectivity index is 2.78. The molecule has 0 spiro atoms. The fraction of sp³-hybridized carbons (Fsp3) is 0.609. The maximum atomic E-state index is 13.0. The maximum absolute atomic E-state index is 13.0. The van der Waals surface area contributed by atoms with Crippen molar-refractivity contribution >= 4 is 17.8 Å². The molecule has 1 amide bonds. The van der Waals surface area contributed by atoms with Gasteiger partial charge in [-0.1, -0.05) is 0 Å². The lowest BCUT2D eigenvalue weighted by Crippen LogP contribution is -2.47. The van der Waals surface area contributed by atoms with Gasteiger partial charge in [0.05, 0.1) is 18.8 Å². The lowest BCUT2D eigenvalue weighted by Gasteiger charge is -2.26. The number of rotatable bonds is 11. The zero-order chi connectivity index (χ0) is 24.4. The molecule has 0 aliphatic carbocycles. The van der Waals surface area contributed by atoms with Crippen LogP contribution in [0.2, 0.25) is 0 Å². The number of benzene rings is 1. The number of carbonyl (C=O) groups is 3. The summed E-state index contributed by atoms with van der Waals surface area (Å²) in [4.78, 5) is 36.8. The molecule has 1 atom stereocenters. The first-order valence-electron chi connectivity index (χ1n) is 10.4. The van der Waals surface area contributed by atoms with Crippen LogP contribution in [0.15, 0.2) is 24.3 Å². The van der Waals surface area contributed by atoms with Crippen LogP contribution in [0.1, 0.15) is 51.9 Å². The Kier molecular flexibility index (Phi) is 10.6. The van der Waals surface area contributed by atoms with Crippen molar-refractivity contribution in [3.05, 3.63) is 29.8 Å². The van der Waals surface area contributed by atoms with E-state index in [-0.39, 0.29) is 25.6 Å². The van der Waals surface area contributed by atoms with E-state index in [1.165, 1.54) is 7.11 Å². The molecule has 0 bridgehead atoms. The minimum atomic E-state index is -0.938. The fourth-order valence-electron chi connectivity index (χ4n) is 2.31. The second kappa shape index (κ2) is 12.4. The number of carbonyl (C=O) groups excluding carboxylic acids is 3. The number of ether oxygens (including phenoxy) is 5. The van der Waals surface area contributed by atoms with Gasteiger partial charge in [0.15, 0.2) is 12.4 Å². The minimum Gasteiger partial charge on any atom is -0.482 e. The quantitative estimate of drug-likeness (QED) is 0.309. The van der Waals surface area contributed by atoms with Crippen molar-refractivity contribution in [1.29, 1.82) is 0 Å². The number of nitrogens with one attached hydrogen (secondary N) is 1. The monoisotopic (exact) mass is 453 g/mol. The van der Waals surface area contributed by atoms with E-state index in [1.54, 1.807) is 45.0 Å². The third kappa shape index (κ3) is 11.7. The Morgan fingerprint density at radius 3 is 2.09 bits per heavy atom. The minimum absolute atomic E-state index is 0.0207. The van der Waals surface area contributed by atoms with E-state index in [4.69, 9.17) is 23.7 Å². The molecule has 0 aliphatic rings. The lowest BCUT2D eigenvalue weighted by atomic mass is 10.0. The number of hydrogen-bond donors (Lipinski definition) is 1. The van der Waals surface area contributed by atoms with Crippen molar-refractivity contribution in [2.45, 2.75) is 58.8 Å². The first-order valence-corrected chi connectivity index (χ1v) is 10.4. The molecule has 32 heavy (non-hydrogen) atoms. The SMILES string of the molecule is COCCOC(=O)COc1ccc(C(=O)[C@H](COC(C)(C)C)NC(=O)OC(C)(C)C)cc1. The van der Waals surface area contributed by atoms with Gasteiger partial charge < -0.3 is 29.0 Å². The summed E-state index contributed by atoms with van der Waals surface area (Å²) in [6, 6.07) is 5.28. The molecule has 1 N–H and O–H groups in total. The maximum Gasteiger partial charge on any atom is 0.408 e. The number of hydrogen-bond acceptors (Lipinski definition) is 8. The summed E-state index contributed by atoms with van der Waals surface area (Å²) >= 11 is 0. The van der Waals surface area contributed by atoms with E-state index in [0.29, 0.717) is 17.9 Å². The highest BCUT2D eigenvalue weighted by Gasteiger charge is 2.27. The lowest BCUT2D eigenvalue weighted by molar-refractivity contribution is -0.147. The van der Waals surface area contributed by atoms with Crippen molar-refractivity contribution in [1.82, 2.24) is 5.32 Å². The van der Waals surface area contributed by atoms with Crippen LogP contribution in [0, 0.1) is 0 Å².